The third-order valence-electron chi connectivity index (χ3n) is 8.01. The number of halogens is 1. The molecule has 194 valence electrons. The van der Waals surface area contributed by atoms with Crippen molar-refractivity contribution in [3.63, 3.8) is 0 Å². The van der Waals surface area contributed by atoms with Gasteiger partial charge < -0.3 is 19.2 Å². The van der Waals surface area contributed by atoms with E-state index in [2.05, 4.69) is 14.9 Å². The molecule has 3 atom stereocenters. The SMILES string of the molecule is COCc1cnc(N2CCC([C@H]3CC3CCOc3ccc(C(C=O)CN4CC(F)C4)cc3)CC2)nc1. The lowest BCUT2D eigenvalue weighted by molar-refractivity contribution is -0.110. The van der Waals surface area contributed by atoms with Gasteiger partial charge in [-0.1, -0.05) is 12.1 Å². The first kappa shape index (κ1) is 25.1. The average molecular weight is 497 g/mol. The summed E-state index contributed by atoms with van der Waals surface area (Å²) in [4.78, 5) is 24.8. The minimum absolute atomic E-state index is 0.216. The second-order valence-electron chi connectivity index (χ2n) is 10.6. The molecule has 0 bridgehead atoms. The van der Waals surface area contributed by atoms with Crippen molar-refractivity contribution in [1.29, 1.82) is 0 Å². The van der Waals surface area contributed by atoms with E-state index < -0.39 is 6.17 Å². The van der Waals surface area contributed by atoms with Crippen LogP contribution in [-0.4, -0.2) is 73.8 Å². The van der Waals surface area contributed by atoms with Crippen LogP contribution in [0.5, 0.6) is 5.75 Å². The molecular formula is C28H37FN4O3. The van der Waals surface area contributed by atoms with Gasteiger partial charge in [-0.3, -0.25) is 4.90 Å². The van der Waals surface area contributed by atoms with Crippen LogP contribution in [0.2, 0.25) is 0 Å². The summed E-state index contributed by atoms with van der Waals surface area (Å²) in [7, 11) is 1.68. The number of rotatable bonds is 12. The fourth-order valence-corrected chi connectivity index (χ4v) is 5.76. The number of ether oxygens (including phenoxy) is 2. The van der Waals surface area contributed by atoms with Gasteiger partial charge in [0.1, 0.15) is 18.2 Å². The predicted molar refractivity (Wildman–Crippen MR) is 136 cm³/mol. The highest BCUT2D eigenvalue weighted by molar-refractivity contribution is 5.62. The maximum absolute atomic E-state index is 13.0. The third-order valence-corrected chi connectivity index (χ3v) is 8.01. The Balaban J connectivity index is 0.999. The van der Waals surface area contributed by atoms with Crippen molar-refractivity contribution in [1.82, 2.24) is 14.9 Å². The van der Waals surface area contributed by atoms with Gasteiger partial charge in [-0.25, -0.2) is 14.4 Å². The molecule has 8 heteroatoms. The molecule has 1 aliphatic carbocycles. The maximum atomic E-state index is 13.0. The molecular weight excluding hydrogens is 459 g/mol. The molecule has 2 unspecified atom stereocenters. The topological polar surface area (TPSA) is 67.8 Å². The summed E-state index contributed by atoms with van der Waals surface area (Å²) in [6, 6.07) is 7.82. The number of nitrogens with zero attached hydrogens (tertiary/aromatic N) is 4. The van der Waals surface area contributed by atoms with Gasteiger partial charge in [0.15, 0.2) is 0 Å². The van der Waals surface area contributed by atoms with Gasteiger partial charge >= 0.3 is 0 Å². The minimum atomic E-state index is -0.744. The number of methoxy groups -OCH3 is 1. The summed E-state index contributed by atoms with van der Waals surface area (Å²) < 4.78 is 24.2. The number of alkyl halides is 1. The zero-order valence-corrected chi connectivity index (χ0v) is 21.1. The molecule has 1 aromatic carbocycles. The zero-order valence-electron chi connectivity index (χ0n) is 21.1. The maximum Gasteiger partial charge on any atom is 0.225 e. The monoisotopic (exact) mass is 496 g/mol. The Kier molecular flexibility index (Phi) is 8.12. The van der Waals surface area contributed by atoms with Crippen LogP contribution < -0.4 is 9.64 Å². The fourth-order valence-electron chi connectivity index (χ4n) is 5.76. The number of benzene rings is 1. The molecule has 5 rings (SSSR count). The Labute approximate surface area is 213 Å². The first-order valence-electron chi connectivity index (χ1n) is 13.2. The second-order valence-corrected chi connectivity index (χ2v) is 10.6. The summed E-state index contributed by atoms with van der Waals surface area (Å²) in [5.41, 5.74) is 1.96. The quantitative estimate of drug-likeness (QED) is 0.413. The molecule has 2 aromatic rings. The Morgan fingerprint density at radius 1 is 1.14 bits per heavy atom. The number of carbonyl (C=O) groups excluding carboxylic acids is 1. The van der Waals surface area contributed by atoms with E-state index in [-0.39, 0.29) is 5.92 Å². The molecule has 1 aromatic heterocycles. The number of aromatic nitrogens is 2. The van der Waals surface area contributed by atoms with Crippen molar-refractivity contribution < 1.29 is 18.7 Å². The van der Waals surface area contributed by atoms with Gasteiger partial charge in [0.25, 0.3) is 0 Å². The molecule has 0 N–H and O–H groups in total. The largest absolute Gasteiger partial charge is 0.494 e. The van der Waals surface area contributed by atoms with Crippen molar-refractivity contribution in [3.8, 4) is 5.75 Å². The number of carbonyl (C=O) groups is 1. The van der Waals surface area contributed by atoms with E-state index in [0.717, 1.165) is 73.0 Å². The van der Waals surface area contributed by atoms with Crippen LogP contribution in [0.3, 0.4) is 0 Å². The van der Waals surface area contributed by atoms with E-state index in [1.54, 1.807) is 7.11 Å². The van der Waals surface area contributed by atoms with Crippen LogP contribution in [0.4, 0.5) is 10.3 Å². The summed E-state index contributed by atoms with van der Waals surface area (Å²) >= 11 is 0. The van der Waals surface area contributed by atoms with E-state index >= 15 is 0 Å². The Morgan fingerprint density at radius 3 is 2.50 bits per heavy atom. The van der Waals surface area contributed by atoms with Crippen LogP contribution in [-0.2, 0) is 16.1 Å². The lowest BCUT2D eigenvalue weighted by Crippen LogP contribution is -2.49. The summed E-state index contributed by atoms with van der Waals surface area (Å²) in [5.74, 6) is 3.83. The van der Waals surface area contributed by atoms with Gasteiger partial charge in [0.05, 0.1) is 19.1 Å². The van der Waals surface area contributed by atoms with Crippen LogP contribution in [0.25, 0.3) is 0 Å². The van der Waals surface area contributed by atoms with E-state index in [9.17, 15) is 9.18 Å². The number of piperidine rings is 1. The van der Waals surface area contributed by atoms with Crippen molar-refractivity contribution in [2.24, 2.45) is 17.8 Å². The summed E-state index contributed by atoms with van der Waals surface area (Å²) in [6.45, 7) is 4.77. The van der Waals surface area contributed by atoms with Crippen molar-refractivity contribution in [2.75, 3.05) is 51.3 Å². The first-order valence-corrected chi connectivity index (χ1v) is 13.2. The number of likely N-dealkylation sites (tertiary alicyclic amines) is 1. The Hall–Kier alpha value is -2.58. The van der Waals surface area contributed by atoms with Gasteiger partial charge in [-0.2, -0.15) is 0 Å². The first-order chi connectivity index (χ1) is 17.6. The normalized spacial score (nSPS) is 23.8. The molecule has 36 heavy (non-hydrogen) atoms. The molecule has 3 aliphatic rings. The standard InChI is InChI=1S/C28H37FN4O3/c1-35-19-20-13-30-28(31-14-20)33-9-6-22(7-10-33)27-12-23(27)8-11-36-26-4-2-21(3-5-26)24(18-34)15-32-16-25(29)17-32/h2-5,13-14,18,22-25,27H,6-12,15-17,19H2,1H3/t23?,24?,27-/m1/s1. The van der Waals surface area contributed by atoms with Crippen molar-refractivity contribution >= 4 is 12.2 Å². The van der Waals surface area contributed by atoms with Crippen molar-refractivity contribution in [2.45, 2.75) is 44.4 Å². The van der Waals surface area contributed by atoms with E-state index in [4.69, 9.17) is 9.47 Å². The fraction of sp³-hybridized carbons (Fsp3) is 0.607. The highest BCUT2D eigenvalue weighted by Gasteiger charge is 2.43. The molecule has 0 amide bonds. The van der Waals surface area contributed by atoms with Gasteiger partial charge in [-0.15, -0.1) is 0 Å². The van der Waals surface area contributed by atoms with Gasteiger partial charge in [0.2, 0.25) is 5.95 Å². The van der Waals surface area contributed by atoms with E-state index in [0.29, 0.717) is 26.2 Å². The van der Waals surface area contributed by atoms with E-state index in [1.165, 1.54) is 19.3 Å². The summed E-state index contributed by atoms with van der Waals surface area (Å²) in [6.07, 6.45) is 8.74. The number of anilines is 1. The Morgan fingerprint density at radius 2 is 1.86 bits per heavy atom. The zero-order chi connectivity index (χ0) is 24.9. The molecule has 2 aliphatic heterocycles. The van der Waals surface area contributed by atoms with Gasteiger partial charge in [-0.05, 0) is 61.1 Å². The lowest BCUT2D eigenvalue weighted by Gasteiger charge is -2.35. The Bertz CT molecular complexity index is 975. The molecule has 0 spiro atoms. The average Bonchev–Trinajstić information content (AvgIpc) is 3.67. The lowest BCUT2D eigenvalue weighted by atomic mass is 9.90. The number of aldehydes is 1. The molecule has 0 radical (unpaired) electrons. The van der Waals surface area contributed by atoms with Crippen LogP contribution in [0.1, 0.15) is 42.7 Å². The molecule has 3 heterocycles. The predicted octanol–water partition coefficient (Wildman–Crippen LogP) is 3.88. The third kappa shape index (κ3) is 6.21. The smallest absolute Gasteiger partial charge is 0.225 e. The van der Waals surface area contributed by atoms with E-state index in [1.807, 2.05) is 41.6 Å². The number of hydrogen-bond acceptors (Lipinski definition) is 7. The van der Waals surface area contributed by atoms with Crippen LogP contribution in [0, 0.1) is 17.8 Å². The molecule has 2 saturated heterocycles. The second kappa shape index (κ2) is 11.6. The highest BCUT2D eigenvalue weighted by Crippen LogP contribution is 2.49. The van der Waals surface area contributed by atoms with Crippen LogP contribution >= 0.6 is 0 Å². The molecule has 3 fully saturated rings. The van der Waals surface area contributed by atoms with Crippen LogP contribution in [0.15, 0.2) is 36.7 Å². The van der Waals surface area contributed by atoms with Crippen molar-refractivity contribution in [3.05, 3.63) is 47.8 Å². The molecule has 1 saturated carbocycles. The summed E-state index contributed by atoms with van der Waals surface area (Å²) in [5, 5.41) is 0. The molecule has 7 nitrogen and oxygen atoms in total. The number of hydrogen-bond donors (Lipinski definition) is 0. The highest BCUT2D eigenvalue weighted by atomic mass is 19.1. The van der Waals surface area contributed by atoms with Gasteiger partial charge in [0, 0.05) is 57.8 Å². The minimum Gasteiger partial charge on any atom is -0.494 e.